The van der Waals surface area contributed by atoms with Crippen LogP contribution in [0.1, 0.15) is 5.76 Å². The van der Waals surface area contributed by atoms with E-state index in [1.165, 1.54) is 0 Å². The Morgan fingerprint density at radius 1 is 1.53 bits per heavy atom. The molecule has 0 spiro atoms. The van der Waals surface area contributed by atoms with E-state index in [0.29, 0.717) is 0 Å². The molecule has 0 unspecified atom stereocenters. The Labute approximate surface area is 99.4 Å². The Morgan fingerprint density at radius 3 is 3.13 bits per heavy atom. The van der Waals surface area contributed by atoms with Gasteiger partial charge in [0.1, 0.15) is 10.8 Å². The molecule has 0 radical (unpaired) electrons. The Balaban J connectivity index is 2.07. The molecule has 15 heavy (non-hydrogen) atoms. The van der Waals surface area contributed by atoms with Crippen LogP contribution in [0.4, 0.5) is 5.95 Å². The maximum atomic E-state index is 5.50. The van der Waals surface area contributed by atoms with Crippen molar-refractivity contribution in [3.8, 4) is 0 Å². The summed E-state index contributed by atoms with van der Waals surface area (Å²) in [6.07, 6.45) is 3.30. The Hall–Kier alpha value is -1.01. The lowest BCUT2D eigenvalue weighted by atomic mass is 10.5. The number of anilines is 1. The molecular formula is C9H8BrN3OS. The first-order chi connectivity index (χ1) is 7.25. The third kappa shape index (κ3) is 2.73. The highest BCUT2D eigenvalue weighted by Gasteiger charge is 2.05. The van der Waals surface area contributed by atoms with Gasteiger partial charge in [-0.3, -0.25) is 0 Å². The molecule has 0 aliphatic rings. The van der Waals surface area contributed by atoms with Gasteiger partial charge in [-0.15, -0.1) is 0 Å². The van der Waals surface area contributed by atoms with Crippen molar-refractivity contribution in [2.75, 3.05) is 5.73 Å². The van der Waals surface area contributed by atoms with Crippen molar-refractivity contribution >= 4 is 33.6 Å². The summed E-state index contributed by atoms with van der Waals surface area (Å²) >= 11 is 4.91. The molecule has 0 aliphatic heterocycles. The number of hydrogen-bond acceptors (Lipinski definition) is 5. The van der Waals surface area contributed by atoms with Crippen molar-refractivity contribution in [3.63, 3.8) is 0 Å². The molecule has 0 saturated heterocycles. The molecule has 2 aromatic rings. The maximum Gasteiger partial charge on any atom is 0.221 e. The summed E-state index contributed by atoms with van der Waals surface area (Å²) in [5.74, 6) is 1.91. The van der Waals surface area contributed by atoms with E-state index in [9.17, 15) is 0 Å². The number of hydrogen-bond donors (Lipinski definition) is 1. The van der Waals surface area contributed by atoms with Gasteiger partial charge in [-0.1, -0.05) is 11.8 Å². The summed E-state index contributed by atoms with van der Waals surface area (Å²) in [6.45, 7) is 0. The molecule has 0 amide bonds. The third-order valence-corrected chi connectivity index (χ3v) is 3.52. The second-order valence-electron chi connectivity index (χ2n) is 2.75. The van der Waals surface area contributed by atoms with Gasteiger partial charge in [-0.05, 0) is 28.1 Å². The number of halogens is 1. The minimum absolute atomic E-state index is 0.278. The van der Waals surface area contributed by atoms with E-state index in [0.717, 1.165) is 21.0 Å². The summed E-state index contributed by atoms with van der Waals surface area (Å²) < 4.78 is 6.06. The summed E-state index contributed by atoms with van der Waals surface area (Å²) in [4.78, 5) is 7.98. The zero-order chi connectivity index (χ0) is 10.7. The van der Waals surface area contributed by atoms with Gasteiger partial charge in [0, 0.05) is 6.20 Å². The predicted octanol–water partition coefficient (Wildman–Crippen LogP) is 2.71. The Bertz CT molecular complexity index is 447. The summed E-state index contributed by atoms with van der Waals surface area (Å²) in [5, 5.41) is 0.818. The second kappa shape index (κ2) is 4.67. The molecule has 0 aromatic carbocycles. The molecule has 4 nitrogen and oxygen atoms in total. The lowest BCUT2D eigenvalue weighted by molar-refractivity contribution is 0.530. The lowest BCUT2D eigenvalue weighted by Gasteiger charge is -2.01. The van der Waals surface area contributed by atoms with Gasteiger partial charge in [0.15, 0.2) is 0 Å². The first-order valence-corrected chi connectivity index (χ1v) is 5.97. The van der Waals surface area contributed by atoms with Gasteiger partial charge in [-0.2, -0.15) is 0 Å². The maximum absolute atomic E-state index is 5.50. The van der Waals surface area contributed by atoms with E-state index in [4.69, 9.17) is 10.2 Å². The minimum Gasteiger partial charge on any atom is -0.468 e. The molecule has 0 saturated carbocycles. The van der Waals surface area contributed by atoms with Gasteiger partial charge in [0.2, 0.25) is 5.95 Å². The number of rotatable bonds is 3. The van der Waals surface area contributed by atoms with Crippen molar-refractivity contribution < 1.29 is 4.42 Å². The number of thioether (sulfide) groups is 1. The fourth-order valence-corrected chi connectivity index (χ4v) is 2.33. The number of aromatic nitrogens is 2. The van der Waals surface area contributed by atoms with Crippen molar-refractivity contribution in [1.29, 1.82) is 0 Å². The molecule has 2 N–H and O–H groups in total. The average molecular weight is 286 g/mol. The van der Waals surface area contributed by atoms with Gasteiger partial charge < -0.3 is 10.2 Å². The highest BCUT2D eigenvalue weighted by molar-refractivity contribution is 9.10. The molecule has 0 fully saturated rings. The van der Waals surface area contributed by atoms with Crippen molar-refractivity contribution in [3.05, 3.63) is 34.8 Å². The fourth-order valence-electron chi connectivity index (χ4n) is 1.000. The molecule has 2 heterocycles. The number of nitrogens with two attached hydrogens (primary N) is 1. The van der Waals surface area contributed by atoms with E-state index in [1.807, 2.05) is 12.1 Å². The van der Waals surface area contributed by atoms with Crippen LogP contribution >= 0.6 is 27.7 Å². The monoisotopic (exact) mass is 285 g/mol. The van der Waals surface area contributed by atoms with Crippen LogP contribution in [-0.2, 0) is 5.75 Å². The van der Waals surface area contributed by atoms with Crippen LogP contribution in [0.2, 0.25) is 0 Å². The van der Waals surface area contributed by atoms with Crippen LogP contribution in [-0.4, -0.2) is 9.97 Å². The first-order valence-electron chi connectivity index (χ1n) is 4.19. The second-order valence-corrected chi connectivity index (χ2v) is 4.57. The molecule has 2 aromatic heterocycles. The van der Waals surface area contributed by atoms with E-state index in [1.54, 1.807) is 24.2 Å². The van der Waals surface area contributed by atoms with Gasteiger partial charge in [-0.25, -0.2) is 9.97 Å². The number of furan rings is 1. The molecule has 6 heteroatoms. The lowest BCUT2D eigenvalue weighted by Crippen LogP contribution is -1.95. The van der Waals surface area contributed by atoms with Gasteiger partial charge in [0.25, 0.3) is 0 Å². The highest BCUT2D eigenvalue weighted by Crippen LogP contribution is 2.28. The molecule has 78 valence electrons. The fraction of sp³-hybridized carbons (Fsp3) is 0.111. The van der Waals surface area contributed by atoms with Crippen LogP contribution in [0.15, 0.2) is 38.5 Å². The average Bonchev–Trinajstić information content (AvgIpc) is 2.72. The SMILES string of the molecule is Nc1ncc(Br)c(SCc2ccco2)n1. The van der Waals surface area contributed by atoms with Crippen LogP contribution in [0.5, 0.6) is 0 Å². The van der Waals surface area contributed by atoms with E-state index in [2.05, 4.69) is 25.9 Å². The Kier molecular flexibility index (Phi) is 3.27. The van der Waals surface area contributed by atoms with Crippen molar-refractivity contribution in [2.45, 2.75) is 10.8 Å². The summed E-state index contributed by atoms with van der Waals surface area (Å²) in [7, 11) is 0. The minimum atomic E-state index is 0.278. The number of nitrogen functional groups attached to an aromatic ring is 1. The molecule has 0 bridgehead atoms. The summed E-state index contributed by atoms with van der Waals surface area (Å²) in [5.41, 5.74) is 5.50. The standard InChI is InChI=1S/C9H8BrN3OS/c10-7-4-12-9(11)13-8(7)15-5-6-2-1-3-14-6/h1-4H,5H2,(H2,11,12,13). The van der Waals surface area contributed by atoms with Gasteiger partial charge in [0.05, 0.1) is 16.5 Å². The van der Waals surface area contributed by atoms with Crippen molar-refractivity contribution in [2.24, 2.45) is 0 Å². The Morgan fingerprint density at radius 2 is 2.40 bits per heavy atom. The molecule has 0 aliphatic carbocycles. The highest BCUT2D eigenvalue weighted by atomic mass is 79.9. The third-order valence-electron chi connectivity index (χ3n) is 1.66. The molecule has 0 atom stereocenters. The van der Waals surface area contributed by atoms with E-state index in [-0.39, 0.29) is 5.95 Å². The van der Waals surface area contributed by atoms with Crippen LogP contribution in [0.25, 0.3) is 0 Å². The number of nitrogens with zero attached hydrogens (tertiary/aromatic N) is 2. The summed E-state index contributed by atoms with van der Waals surface area (Å²) in [6, 6.07) is 3.78. The molecule has 2 rings (SSSR count). The van der Waals surface area contributed by atoms with Crippen LogP contribution in [0.3, 0.4) is 0 Å². The predicted molar refractivity (Wildman–Crippen MR) is 62.4 cm³/mol. The zero-order valence-electron chi connectivity index (χ0n) is 7.68. The smallest absolute Gasteiger partial charge is 0.221 e. The van der Waals surface area contributed by atoms with Gasteiger partial charge >= 0.3 is 0 Å². The molecular weight excluding hydrogens is 278 g/mol. The normalized spacial score (nSPS) is 10.5. The van der Waals surface area contributed by atoms with Crippen molar-refractivity contribution in [1.82, 2.24) is 9.97 Å². The largest absolute Gasteiger partial charge is 0.468 e. The first kappa shape index (κ1) is 10.5. The van der Waals surface area contributed by atoms with Crippen LogP contribution in [0, 0.1) is 0 Å². The topological polar surface area (TPSA) is 64.9 Å². The zero-order valence-corrected chi connectivity index (χ0v) is 10.1. The quantitative estimate of drug-likeness (QED) is 0.694. The van der Waals surface area contributed by atoms with E-state index >= 15 is 0 Å². The van der Waals surface area contributed by atoms with Crippen LogP contribution < -0.4 is 5.73 Å². The van der Waals surface area contributed by atoms with E-state index < -0.39 is 0 Å².